The third kappa shape index (κ3) is 4.06. The number of esters is 1. The Morgan fingerprint density at radius 2 is 2.28 bits per heavy atom. The van der Waals surface area contributed by atoms with E-state index in [0.29, 0.717) is 22.7 Å². The number of amides is 1. The van der Waals surface area contributed by atoms with Crippen LogP contribution in [0.25, 0.3) is 0 Å². The maximum Gasteiger partial charge on any atom is 0.339 e. The van der Waals surface area contributed by atoms with Crippen LogP contribution in [0.1, 0.15) is 39.7 Å². The number of anilines is 1. The Morgan fingerprint density at radius 3 is 3.08 bits per heavy atom. The minimum absolute atomic E-state index is 0.351. The van der Waals surface area contributed by atoms with Crippen molar-refractivity contribution in [2.24, 2.45) is 5.92 Å². The van der Waals surface area contributed by atoms with E-state index in [1.165, 1.54) is 4.88 Å². The molecule has 1 heterocycles. The van der Waals surface area contributed by atoms with Crippen LogP contribution in [0.3, 0.4) is 0 Å². The van der Waals surface area contributed by atoms with Crippen LogP contribution >= 0.6 is 11.3 Å². The number of hydrogen-bond acceptors (Lipinski definition) is 5. The van der Waals surface area contributed by atoms with Crippen molar-refractivity contribution in [1.29, 1.82) is 5.26 Å². The summed E-state index contributed by atoms with van der Waals surface area (Å²) in [5.41, 5.74) is 2.62. The van der Waals surface area contributed by atoms with Crippen molar-refractivity contribution in [2.75, 3.05) is 11.9 Å². The Kier molecular flexibility index (Phi) is 5.15. The number of carbonyl (C=O) groups excluding carboxylic acids is 2. The van der Waals surface area contributed by atoms with Crippen LogP contribution in [0.5, 0.6) is 0 Å². The van der Waals surface area contributed by atoms with Crippen molar-refractivity contribution >= 4 is 28.9 Å². The standard InChI is InChI=1S/C19H18N2O3S/c1-12-5-6-15-16(11-25-17(15)7-12)19(23)24-10-18(22)21-14-4-2-3-13(8-14)9-20/h2-4,8,11-12H,5-7,10H2,1H3,(H,21,22). The van der Waals surface area contributed by atoms with Crippen LogP contribution in [-0.2, 0) is 22.4 Å². The maximum atomic E-state index is 12.3. The van der Waals surface area contributed by atoms with Gasteiger partial charge in [0.15, 0.2) is 6.61 Å². The van der Waals surface area contributed by atoms with E-state index in [4.69, 9.17) is 10.00 Å². The molecule has 1 aliphatic rings. The summed E-state index contributed by atoms with van der Waals surface area (Å²) in [6.45, 7) is 1.86. The largest absolute Gasteiger partial charge is 0.452 e. The first kappa shape index (κ1) is 17.2. The second-order valence-corrected chi connectivity index (χ2v) is 7.18. The Morgan fingerprint density at radius 1 is 1.44 bits per heavy atom. The lowest BCUT2D eigenvalue weighted by Crippen LogP contribution is -2.21. The minimum Gasteiger partial charge on any atom is -0.452 e. The smallest absolute Gasteiger partial charge is 0.339 e. The predicted octanol–water partition coefficient (Wildman–Crippen LogP) is 3.54. The molecular weight excluding hydrogens is 336 g/mol. The molecule has 0 saturated heterocycles. The number of nitrogens with one attached hydrogen (secondary N) is 1. The summed E-state index contributed by atoms with van der Waals surface area (Å²) in [6, 6.07) is 8.58. The van der Waals surface area contributed by atoms with Crippen molar-refractivity contribution in [3.63, 3.8) is 0 Å². The van der Waals surface area contributed by atoms with Gasteiger partial charge in [0.05, 0.1) is 17.2 Å². The minimum atomic E-state index is -0.451. The molecule has 0 fully saturated rings. The predicted molar refractivity (Wildman–Crippen MR) is 95.6 cm³/mol. The van der Waals surface area contributed by atoms with Gasteiger partial charge in [-0.25, -0.2) is 4.79 Å². The lowest BCUT2D eigenvalue weighted by molar-refractivity contribution is -0.119. The average Bonchev–Trinajstić information content (AvgIpc) is 3.03. The SMILES string of the molecule is CC1CCc2c(C(=O)OCC(=O)Nc3cccc(C#N)c3)csc2C1. The summed E-state index contributed by atoms with van der Waals surface area (Å²) in [7, 11) is 0. The number of ether oxygens (including phenoxy) is 1. The molecule has 0 saturated carbocycles. The molecule has 5 nitrogen and oxygen atoms in total. The summed E-state index contributed by atoms with van der Waals surface area (Å²) < 4.78 is 5.16. The van der Waals surface area contributed by atoms with Crippen LogP contribution in [-0.4, -0.2) is 18.5 Å². The molecule has 6 heteroatoms. The van der Waals surface area contributed by atoms with E-state index < -0.39 is 11.9 Å². The van der Waals surface area contributed by atoms with Crippen molar-refractivity contribution in [1.82, 2.24) is 0 Å². The molecule has 0 spiro atoms. The van der Waals surface area contributed by atoms with Crippen LogP contribution in [0.4, 0.5) is 5.69 Å². The van der Waals surface area contributed by atoms with Gasteiger partial charge in [0.1, 0.15) is 0 Å². The van der Waals surface area contributed by atoms with Crippen LogP contribution < -0.4 is 5.32 Å². The van der Waals surface area contributed by atoms with E-state index >= 15 is 0 Å². The molecule has 0 aliphatic heterocycles. The van der Waals surface area contributed by atoms with Gasteiger partial charge < -0.3 is 10.1 Å². The molecule has 2 aromatic rings. The van der Waals surface area contributed by atoms with E-state index in [9.17, 15) is 9.59 Å². The Hall–Kier alpha value is -2.65. The van der Waals surface area contributed by atoms with Crippen molar-refractivity contribution in [3.8, 4) is 6.07 Å². The molecule has 1 unspecified atom stereocenters. The third-order valence-corrected chi connectivity index (χ3v) is 5.28. The lowest BCUT2D eigenvalue weighted by Gasteiger charge is -2.18. The zero-order chi connectivity index (χ0) is 17.8. The Bertz CT molecular complexity index is 851. The highest BCUT2D eigenvalue weighted by Gasteiger charge is 2.24. The molecule has 0 radical (unpaired) electrons. The number of benzene rings is 1. The number of fused-ring (bicyclic) bond motifs is 1. The molecule has 1 amide bonds. The fourth-order valence-electron chi connectivity index (χ4n) is 2.92. The molecule has 1 aromatic carbocycles. The Balaban J connectivity index is 1.57. The van der Waals surface area contributed by atoms with Crippen molar-refractivity contribution < 1.29 is 14.3 Å². The van der Waals surface area contributed by atoms with Crippen LogP contribution in [0.2, 0.25) is 0 Å². The monoisotopic (exact) mass is 354 g/mol. The Labute approximate surface area is 150 Å². The normalized spacial score (nSPS) is 15.8. The number of rotatable bonds is 4. The van der Waals surface area contributed by atoms with E-state index in [1.807, 2.05) is 11.4 Å². The second-order valence-electron chi connectivity index (χ2n) is 6.22. The molecule has 25 heavy (non-hydrogen) atoms. The first-order valence-electron chi connectivity index (χ1n) is 8.13. The van der Waals surface area contributed by atoms with E-state index in [0.717, 1.165) is 24.8 Å². The van der Waals surface area contributed by atoms with Gasteiger partial charge in [0, 0.05) is 15.9 Å². The highest BCUT2D eigenvalue weighted by atomic mass is 32.1. The van der Waals surface area contributed by atoms with Gasteiger partial charge in [-0.2, -0.15) is 5.26 Å². The summed E-state index contributed by atoms with van der Waals surface area (Å²) >= 11 is 1.59. The maximum absolute atomic E-state index is 12.3. The summed E-state index contributed by atoms with van der Waals surface area (Å²) in [5.74, 6) is -0.237. The molecule has 128 valence electrons. The van der Waals surface area contributed by atoms with Crippen molar-refractivity contribution in [2.45, 2.75) is 26.2 Å². The number of hydrogen-bond donors (Lipinski definition) is 1. The number of nitrogens with zero attached hydrogens (tertiary/aromatic N) is 1. The molecule has 3 rings (SSSR count). The molecule has 0 bridgehead atoms. The molecular formula is C19H18N2O3S. The highest BCUT2D eigenvalue weighted by molar-refractivity contribution is 7.10. The second kappa shape index (κ2) is 7.49. The molecule has 1 N–H and O–H groups in total. The molecule has 1 atom stereocenters. The third-order valence-electron chi connectivity index (χ3n) is 4.23. The van der Waals surface area contributed by atoms with Gasteiger partial charge in [0.2, 0.25) is 0 Å². The first-order valence-corrected chi connectivity index (χ1v) is 9.01. The fourth-order valence-corrected chi connectivity index (χ4v) is 4.15. The van der Waals surface area contributed by atoms with Gasteiger partial charge in [-0.05, 0) is 48.9 Å². The first-order chi connectivity index (χ1) is 12.1. The van der Waals surface area contributed by atoms with Gasteiger partial charge in [-0.15, -0.1) is 11.3 Å². The zero-order valence-electron chi connectivity index (χ0n) is 13.9. The lowest BCUT2D eigenvalue weighted by atomic mass is 9.88. The summed E-state index contributed by atoms with van der Waals surface area (Å²) in [6.07, 6.45) is 2.96. The average molecular weight is 354 g/mol. The van der Waals surface area contributed by atoms with Gasteiger partial charge in [0.25, 0.3) is 5.91 Å². The van der Waals surface area contributed by atoms with Gasteiger partial charge in [-0.3, -0.25) is 4.79 Å². The fraction of sp³-hybridized carbons (Fsp3) is 0.316. The van der Waals surface area contributed by atoms with E-state index in [1.54, 1.807) is 35.6 Å². The molecule has 1 aromatic heterocycles. The van der Waals surface area contributed by atoms with Gasteiger partial charge >= 0.3 is 5.97 Å². The quantitative estimate of drug-likeness (QED) is 0.852. The van der Waals surface area contributed by atoms with E-state index in [2.05, 4.69) is 12.2 Å². The number of nitriles is 1. The van der Waals surface area contributed by atoms with Crippen LogP contribution in [0, 0.1) is 17.2 Å². The van der Waals surface area contributed by atoms with Crippen LogP contribution in [0.15, 0.2) is 29.6 Å². The molecule has 1 aliphatic carbocycles. The highest BCUT2D eigenvalue weighted by Crippen LogP contribution is 2.33. The van der Waals surface area contributed by atoms with Gasteiger partial charge in [-0.1, -0.05) is 13.0 Å². The van der Waals surface area contributed by atoms with E-state index in [-0.39, 0.29) is 6.61 Å². The topological polar surface area (TPSA) is 79.2 Å². The van der Waals surface area contributed by atoms with Crippen molar-refractivity contribution in [3.05, 3.63) is 51.2 Å². The number of carbonyl (C=O) groups is 2. The number of thiophene rings is 1. The zero-order valence-corrected chi connectivity index (χ0v) is 14.7. The summed E-state index contributed by atoms with van der Waals surface area (Å²) in [5, 5.41) is 13.3. The summed E-state index contributed by atoms with van der Waals surface area (Å²) in [4.78, 5) is 25.5.